The minimum absolute atomic E-state index is 0.0319. The lowest BCUT2D eigenvalue weighted by atomic mass is 10.1. The van der Waals surface area contributed by atoms with E-state index in [0.717, 1.165) is 29.0 Å². The highest BCUT2D eigenvalue weighted by molar-refractivity contribution is 7.17. The number of hydrogen-bond acceptors (Lipinski definition) is 4. The summed E-state index contributed by atoms with van der Waals surface area (Å²) in [6, 6.07) is 14.0. The first-order valence-corrected chi connectivity index (χ1v) is 9.00. The van der Waals surface area contributed by atoms with E-state index in [4.69, 9.17) is 9.47 Å². The third-order valence-corrected chi connectivity index (χ3v) is 4.93. The number of carbonyl (C=O) groups excluding carboxylic acids is 1. The molecule has 0 spiro atoms. The lowest BCUT2D eigenvalue weighted by Crippen LogP contribution is -2.27. The third-order valence-electron chi connectivity index (χ3n) is 4.03. The molecule has 2 aromatic carbocycles. The van der Waals surface area contributed by atoms with Gasteiger partial charge in [-0.1, -0.05) is 6.07 Å². The molecule has 0 saturated heterocycles. The van der Waals surface area contributed by atoms with Gasteiger partial charge >= 0.3 is 0 Å². The fourth-order valence-electron chi connectivity index (χ4n) is 2.73. The lowest BCUT2D eigenvalue weighted by Gasteiger charge is -2.09. The number of amides is 1. The second-order valence-electron chi connectivity index (χ2n) is 5.79. The Hall–Kier alpha value is -2.53. The summed E-state index contributed by atoms with van der Waals surface area (Å²) < 4.78 is 11.8. The maximum Gasteiger partial charge on any atom is 0.224 e. The molecule has 0 aliphatic rings. The summed E-state index contributed by atoms with van der Waals surface area (Å²) in [4.78, 5) is 12.2. The highest BCUT2D eigenvalue weighted by atomic mass is 32.1. The highest BCUT2D eigenvalue weighted by Gasteiger charge is 2.06. The Labute approximate surface area is 151 Å². The number of rotatable bonds is 7. The first kappa shape index (κ1) is 17.3. The fraction of sp³-hybridized carbons (Fsp3) is 0.250. The standard InChI is InChI=1S/C20H21NO3S/c1-23-17-10-15(11-18(13-17)24-2)5-7-21-20(22)12-14-3-4-19-16(9-14)6-8-25-19/h3-4,6,8-11,13H,5,7,12H2,1-2H3,(H,21,22). The van der Waals surface area contributed by atoms with E-state index in [1.165, 1.54) is 10.1 Å². The second kappa shape index (κ2) is 8.03. The van der Waals surface area contributed by atoms with E-state index in [9.17, 15) is 4.79 Å². The molecule has 130 valence electrons. The molecule has 0 fully saturated rings. The van der Waals surface area contributed by atoms with Crippen LogP contribution in [0.15, 0.2) is 47.8 Å². The molecule has 0 radical (unpaired) electrons. The molecule has 5 heteroatoms. The van der Waals surface area contributed by atoms with Gasteiger partial charge in [0.15, 0.2) is 0 Å². The summed E-state index contributed by atoms with van der Waals surface area (Å²) in [5.41, 5.74) is 2.10. The lowest BCUT2D eigenvalue weighted by molar-refractivity contribution is -0.120. The Balaban J connectivity index is 1.53. The van der Waals surface area contributed by atoms with Crippen molar-refractivity contribution in [3.8, 4) is 11.5 Å². The van der Waals surface area contributed by atoms with Gasteiger partial charge in [-0.15, -0.1) is 11.3 Å². The van der Waals surface area contributed by atoms with Crippen molar-refractivity contribution < 1.29 is 14.3 Å². The highest BCUT2D eigenvalue weighted by Crippen LogP contribution is 2.23. The van der Waals surface area contributed by atoms with E-state index in [0.29, 0.717) is 13.0 Å². The van der Waals surface area contributed by atoms with E-state index in [1.807, 2.05) is 24.3 Å². The summed E-state index contributed by atoms with van der Waals surface area (Å²) in [5, 5.41) is 6.24. The van der Waals surface area contributed by atoms with E-state index in [2.05, 4.69) is 28.9 Å². The first-order chi connectivity index (χ1) is 12.2. The third kappa shape index (κ3) is 4.51. The van der Waals surface area contributed by atoms with Crippen LogP contribution in [0.3, 0.4) is 0 Å². The molecule has 0 atom stereocenters. The smallest absolute Gasteiger partial charge is 0.224 e. The molecule has 1 amide bonds. The number of ether oxygens (including phenoxy) is 2. The van der Waals surface area contributed by atoms with E-state index >= 15 is 0 Å². The van der Waals surface area contributed by atoms with E-state index in [-0.39, 0.29) is 5.91 Å². The topological polar surface area (TPSA) is 47.6 Å². The predicted molar refractivity (Wildman–Crippen MR) is 102 cm³/mol. The van der Waals surface area contributed by atoms with Crippen molar-refractivity contribution in [2.75, 3.05) is 20.8 Å². The molecule has 1 heterocycles. The number of carbonyl (C=O) groups is 1. The molecule has 4 nitrogen and oxygen atoms in total. The molecular formula is C20H21NO3S. The molecule has 1 N–H and O–H groups in total. The monoisotopic (exact) mass is 355 g/mol. The number of fused-ring (bicyclic) bond motifs is 1. The molecule has 25 heavy (non-hydrogen) atoms. The largest absolute Gasteiger partial charge is 0.497 e. The fourth-order valence-corrected chi connectivity index (χ4v) is 3.50. The van der Waals surface area contributed by atoms with Crippen molar-refractivity contribution in [2.45, 2.75) is 12.8 Å². The molecule has 3 aromatic rings. The Bertz CT molecular complexity index is 850. The average Bonchev–Trinajstić information content (AvgIpc) is 3.09. The molecular weight excluding hydrogens is 334 g/mol. The van der Waals surface area contributed by atoms with Crippen LogP contribution in [-0.4, -0.2) is 26.7 Å². The van der Waals surface area contributed by atoms with Gasteiger partial charge in [0.2, 0.25) is 5.91 Å². The predicted octanol–water partition coefficient (Wildman–Crippen LogP) is 3.82. The van der Waals surface area contributed by atoms with Crippen LogP contribution >= 0.6 is 11.3 Å². The van der Waals surface area contributed by atoms with Crippen molar-refractivity contribution >= 4 is 27.3 Å². The molecule has 0 bridgehead atoms. The molecule has 0 aliphatic carbocycles. The Morgan fingerprint density at radius 1 is 1.00 bits per heavy atom. The van der Waals surface area contributed by atoms with Crippen LogP contribution in [0.1, 0.15) is 11.1 Å². The zero-order chi connectivity index (χ0) is 17.6. The number of thiophene rings is 1. The maximum absolute atomic E-state index is 12.2. The van der Waals surface area contributed by atoms with Gasteiger partial charge in [-0.25, -0.2) is 0 Å². The van der Waals surface area contributed by atoms with Gasteiger partial charge < -0.3 is 14.8 Å². The van der Waals surface area contributed by atoms with Crippen molar-refractivity contribution in [2.24, 2.45) is 0 Å². The van der Waals surface area contributed by atoms with Crippen LogP contribution < -0.4 is 14.8 Å². The Morgan fingerprint density at radius 3 is 2.48 bits per heavy atom. The first-order valence-electron chi connectivity index (χ1n) is 8.13. The number of methoxy groups -OCH3 is 2. The van der Waals surface area contributed by atoms with Gasteiger partial charge in [-0.3, -0.25) is 4.79 Å². The summed E-state index contributed by atoms with van der Waals surface area (Å²) in [7, 11) is 3.26. The van der Waals surface area contributed by atoms with Crippen molar-refractivity contribution in [3.05, 3.63) is 59.0 Å². The molecule has 0 aliphatic heterocycles. The normalized spacial score (nSPS) is 10.6. The van der Waals surface area contributed by atoms with Crippen LogP contribution in [0.2, 0.25) is 0 Å². The van der Waals surface area contributed by atoms with Crippen LogP contribution in [0.5, 0.6) is 11.5 Å². The number of nitrogens with one attached hydrogen (secondary N) is 1. The Morgan fingerprint density at radius 2 is 1.76 bits per heavy atom. The minimum atomic E-state index is 0.0319. The maximum atomic E-state index is 12.2. The Kier molecular flexibility index (Phi) is 5.56. The van der Waals surface area contributed by atoms with Gasteiger partial charge in [0, 0.05) is 17.3 Å². The van der Waals surface area contributed by atoms with Gasteiger partial charge in [-0.05, 0) is 58.6 Å². The second-order valence-corrected chi connectivity index (χ2v) is 6.74. The van der Waals surface area contributed by atoms with Gasteiger partial charge in [0.25, 0.3) is 0 Å². The SMILES string of the molecule is COc1cc(CCNC(=O)Cc2ccc3sccc3c2)cc(OC)c1. The molecule has 1 aromatic heterocycles. The van der Waals surface area contributed by atoms with Crippen molar-refractivity contribution in [1.82, 2.24) is 5.32 Å². The van der Waals surface area contributed by atoms with E-state index < -0.39 is 0 Å². The molecule has 0 saturated carbocycles. The quantitative estimate of drug-likeness (QED) is 0.701. The average molecular weight is 355 g/mol. The van der Waals surface area contributed by atoms with Gasteiger partial charge in [0.1, 0.15) is 11.5 Å². The van der Waals surface area contributed by atoms with Crippen molar-refractivity contribution in [3.63, 3.8) is 0 Å². The minimum Gasteiger partial charge on any atom is -0.497 e. The van der Waals surface area contributed by atoms with Gasteiger partial charge in [-0.2, -0.15) is 0 Å². The molecule has 0 unspecified atom stereocenters. The van der Waals surface area contributed by atoms with Crippen LogP contribution in [0, 0.1) is 0 Å². The summed E-state index contributed by atoms with van der Waals surface area (Å²) in [6.45, 7) is 0.579. The van der Waals surface area contributed by atoms with Crippen LogP contribution in [-0.2, 0) is 17.6 Å². The summed E-state index contributed by atoms with van der Waals surface area (Å²) >= 11 is 1.71. The van der Waals surface area contributed by atoms with Crippen LogP contribution in [0.4, 0.5) is 0 Å². The zero-order valence-electron chi connectivity index (χ0n) is 14.4. The van der Waals surface area contributed by atoms with E-state index in [1.54, 1.807) is 25.6 Å². The van der Waals surface area contributed by atoms with Crippen molar-refractivity contribution in [1.29, 1.82) is 0 Å². The molecule has 3 rings (SSSR count). The number of hydrogen-bond donors (Lipinski definition) is 1. The summed E-state index contributed by atoms with van der Waals surface area (Å²) in [6.07, 6.45) is 1.12. The van der Waals surface area contributed by atoms with Gasteiger partial charge in [0.05, 0.1) is 20.6 Å². The summed E-state index contributed by atoms with van der Waals surface area (Å²) in [5.74, 6) is 1.54. The van der Waals surface area contributed by atoms with Crippen LogP contribution in [0.25, 0.3) is 10.1 Å². The zero-order valence-corrected chi connectivity index (χ0v) is 15.2. The number of benzene rings is 2.